The molecule has 2 heterocycles. The molecule has 2 aromatic heterocycles. The molecule has 2 rings (SSSR count). The summed E-state index contributed by atoms with van der Waals surface area (Å²) in [6.07, 6.45) is 0. The molecular weight excluding hydrogens is 268 g/mol. The summed E-state index contributed by atoms with van der Waals surface area (Å²) in [5.41, 5.74) is 5.76. The van der Waals surface area contributed by atoms with Crippen molar-refractivity contribution in [2.45, 2.75) is 17.1 Å². The molecule has 0 unspecified atom stereocenters. The number of aryl methyl sites for hydroxylation is 1. The quantitative estimate of drug-likeness (QED) is 0.713. The van der Waals surface area contributed by atoms with Crippen molar-refractivity contribution in [1.82, 2.24) is 15.0 Å². The lowest BCUT2D eigenvalue weighted by atomic mass is 10.2. The zero-order valence-electron chi connectivity index (χ0n) is 9.88. The highest BCUT2D eigenvalue weighted by atomic mass is 32.2. The van der Waals surface area contributed by atoms with E-state index in [2.05, 4.69) is 15.0 Å². The normalized spacial score (nSPS) is 10.4. The lowest BCUT2D eigenvalue weighted by Gasteiger charge is -2.05. The highest BCUT2D eigenvalue weighted by Gasteiger charge is 2.14. The standard InChI is InChI=1S/C11H10N4O3S/c1-5-2-3-6(10(17)18)9(13-5)19-11-14-7(12)4-8(16)15-11/h2-4H,1H3,(H,17,18)(H3,12,14,15,16). The molecule has 4 N–H and O–H groups in total. The van der Waals surface area contributed by atoms with Crippen LogP contribution in [0.1, 0.15) is 16.1 Å². The van der Waals surface area contributed by atoms with Gasteiger partial charge in [-0.1, -0.05) is 0 Å². The van der Waals surface area contributed by atoms with E-state index in [4.69, 9.17) is 10.8 Å². The van der Waals surface area contributed by atoms with Crippen LogP contribution in [-0.2, 0) is 0 Å². The van der Waals surface area contributed by atoms with E-state index >= 15 is 0 Å². The third-order valence-corrected chi connectivity index (χ3v) is 3.05. The maximum Gasteiger partial charge on any atom is 0.338 e. The molecule has 0 aliphatic carbocycles. The zero-order chi connectivity index (χ0) is 14.0. The molecule has 0 saturated heterocycles. The Morgan fingerprint density at radius 2 is 2.16 bits per heavy atom. The maximum absolute atomic E-state index is 11.3. The lowest BCUT2D eigenvalue weighted by Crippen LogP contribution is -2.10. The Balaban J connectivity index is 2.45. The first-order valence-corrected chi connectivity index (χ1v) is 6.03. The minimum Gasteiger partial charge on any atom is -0.478 e. The Kier molecular flexibility index (Phi) is 3.52. The molecule has 19 heavy (non-hydrogen) atoms. The smallest absolute Gasteiger partial charge is 0.338 e. The predicted octanol–water partition coefficient (Wildman–Crippen LogP) is 0.905. The number of carboxylic acids is 1. The van der Waals surface area contributed by atoms with Crippen LogP contribution in [0.25, 0.3) is 0 Å². The van der Waals surface area contributed by atoms with Gasteiger partial charge >= 0.3 is 5.97 Å². The summed E-state index contributed by atoms with van der Waals surface area (Å²) in [5, 5.41) is 9.52. The number of anilines is 1. The van der Waals surface area contributed by atoms with Crippen LogP contribution >= 0.6 is 11.8 Å². The molecule has 7 nitrogen and oxygen atoms in total. The van der Waals surface area contributed by atoms with E-state index in [-0.39, 0.29) is 21.6 Å². The molecular formula is C11H10N4O3S. The fraction of sp³-hybridized carbons (Fsp3) is 0.0909. The Hall–Kier alpha value is -2.35. The number of nitrogen functional groups attached to an aromatic ring is 1. The number of nitrogens with zero attached hydrogens (tertiary/aromatic N) is 2. The van der Waals surface area contributed by atoms with Crippen molar-refractivity contribution in [3.63, 3.8) is 0 Å². The number of H-pyrrole nitrogens is 1. The van der Waals surface area contributed by atoms with Crippen molar-refractivity contribution in [3.8, 4) is 0 Å². The van der Waals surface area contributed by atoms with Gasteiger partial charge in [0.2, 0.25) is 0 Å². The van der Waals surface area contributed by atoms with Gasteiger partial charge in [-0.2, -0.15) is 0 Å². The second-order valence-corrected chi connectivity index (χ2v) is 4.67. The number of nitrogens with two attached hydrogens (primary N) is 1. The van der Waals surface area contributed by atoms with Crippen molar-refractivity contribution in [1.29, 1.82) is 0 Å². The van der Waals surface area contributed by atoms with E-state index < -0.39 is 11.5 Å². The average molecular weight is 278 g/mol. The van der Waals surface area contributed by atoms with Crippen LogP contribution in [0.4, 0.5) is 5.82 Å². The molecule has 0 radical (unpaired) electrons. The fourth-order valence-electron chi connectivity index (χ4n) is 1.37. The number of pyridine rings is 1. The topological polar surface area (TPSA) is 122 Å². The Bertz CT molecular complexity index is 699. The van der Waals surface area contributed by atoms with E-state index in [0.29, 0.717) is 5.69 Å². The van der Waals surface area contributed by atoms with E-state index in [1.807, 2.05) is 0 Å². The van der Waals surface area contributed by atoms with Gasteiger partial charge in [0, 0.05) is 11.8 Å². The average Bonchev–Trinajstić information content (AvgIpc) is 2.26. The summed E-state index contributed by atoms with van der Waals surface area (Å²) in [7, 11) is 0. The SMILES string of the molecule is Cc1ccc(C(=O)O)c(Sc2nc(N)cc(=O)[nH]2)n1. The number of aromatic nitrogens is 3. The van der Waals surface area contributed by atoms with E-state index in [0.717, 1.165) is 17.8 Å². The number of aromatic carboxylic acids is 1. The minimum absolute atomic E-state index is 0.0423. The number of nitrogens with one attached hydrogen (secondary N) is 1. The van der Waals surface area contributed by atoms with Gasteiger partial charge < -0.3 is 15.8 Å². The molecule has 0 fully saturated rings. The molecule has 0 atom stereocenters. The van der Waals surface area contributed by atoms with Gasteiger partial charge in [-0.3, -0.25) is 4.79 Å². The molecule has 8 heteroatoms. The summed E-state index contributed by atoms with van der Waals surface area (Å²) >= 11 is 0.946. The van der Waals surface area contributed by atoms with E-state index in [1.165, 1.54) is 6.07 Å². The van der Waals surface area contributed by atoms with Crippen molar-refractivity contribution in [2.75, 3.05) is 5.73 Å². The van der Waals surface area contributed by atoms with E-state index in [9.17, 15) is 9.59 Å². The van der Waals surface area contributed by atoms with E-state index in [1.54, 1.807) is 13.0 Å². The first-order chi connectivity index (χ1) is 8.95. The summed E-state index contributed by atoms with van der Waals surface area (Å²) in [6.45, 7) is 1.74. The van der Waals surface area contributed by atoms with Gasteiger partial charge in [0.15, 0.2) is 5.16 Å². The highest BCUT2D eigenvalue weighted by molar-refractivity contribution is 7.99. The van der Waals surface area contributed by atoms with Crippen LogP contribution in [0.3, 0.4) is 0 Å². The van der Waals surface area contributed by atoms with Crippen molar-refractivity contribution in [2.24, 2.45) is 0 Å². The molecule has 0 amide bonds. The van der Waals surface area contributed by atoms with Crippen LogP contribution in [0, 0.1) is 6.92 Å². The monoisotopic (exact) mass is 278 g/mol. The van der Waals surface area contributed by atoms with Crippen LogP contribution in [-0.4, -0.2) is 26.0 Å². The molecule has 0 spiro atoms. The number of carboxylic acid groups (broad SMARTS) is 1. The summed E-state index contributed by atoms with van der Waals surface area (Å²) in [5.74, 6) is -1.03. The molecule has 0 aliphatic heterocycles. The number of hydrogen-bond acceptors (Lipinski definition) is 6. The number of aromatic amines is 1. The molecule has 0 saturated carbocycles. The minimum atomic E-state index is -1.10. The van der Waals surface area contributed by atoms with Crippen molar-refractivity contribution in [3.05, 3.63) is 39.8 Å². The summed E-state index contributed by atoms with van der Waals surface area (Å²) in [4.78, 5) is 32.9. The molecule has 2 aromatic rings. The van der Waals surface area contributed by atoms with Crippen molar-refractivity contribution >= 4 is 23.5 Å². The first-order valence-electron chi connectivity index (χ1n) is 5.21. The highest BCUT2D eigenvalue weighted by Crippen LogP contribution is 2.26. The Labute approximate surface area is 111 Å². The number of hydrogen-bond donors (Lipinski definition) is 3. The van der Waals surface area contributed by atoms with Gasteiger partial charge in [0.05, 0.1) is 5.56 Å². The van der Waals surface area contributed by atoms with Crippen LogP contribution in [0.5, 0.6) is 0 Å². The van der Waals surface area contributed by atoms with Crippen LogP contribution in [0.2, 0.25) is 0 Å². The Morgan fingerprint density at radius 1 is 1.42 bits per heavy atom. The lowest BCUT2D eigenvalue weighted by molar-refractivity contribution is 0.0692. The molecule has 0 aromatic carbocycles. The zero-order valence-corrected chi connectivity index (χ0v) is 10.7. The second-order valence-electron chi connectivity index (χ2n) is 3.69. The largest absolute Gasteiger partial charge is 0.478 e. The van der Waals surface area contributed by atoms with Gasteiger partial charge in [-0.15, -0.1) is 0 Å². The van der Waals surface area contributed by atoms with Gasteiger partial charge in [0.1, 0.15) is 10.8 Å². The molecule has 0 aliphatic rings. The summed E-state index contributed by atoms with van der Waals surface area (Å²) in [6, 6.07) is 4.20. The number of rotatable bonds is 3. The maximum atomic E-state index is 11.3. The summed E-state index contributed by atoms with van der Waals surface area (Å²) < 4.78 is 0. The third-order valence-electron chi connectivity index (χ3n) is 2.16. The molecule has 0 bridgehead atoms. The number of carbonyl (C=O) groups is 1. The van der Waals surface area contributed by atoms with Gasteiger partial charge in [-0.05, 0) is 30.8 Å². The van der Waals surface area contributed by atoms with Gasteiger partial charge in [0.25, 0.3) is 5.56 Å². The third kappa shape index (κ3) is 3.10. The first kappa shape index (κ1) is 13.1. The second kappa shape index (κ2) is 5.11. The predicted molar refractivity (Wildman–Crippen MR) is 69.3 cm³/mol. The Morgan fingerprint density at radius 3 is 2.79 bits per heavy atom. The van der Waals surface area contributed by atoms with Crippen LogP contribution < -0.4 is 11.3 Å². The van der Waals surface area contributed by atoms with Crippen molar-refractivity contribution < 1.29 is 9.90 Å². The molecule has 98 valence electrons. The van der Waals surface area contributed by atoms with Crippen LogP contribution in [0.15, 0.2) is 33.2 Å². The fourth-order valence-corrected chi connectivity index (χ4v) is 2.31. The van der Waals surface area contributed by atoms with Gasteiger partial charge in [-0.25, -0.2) is 14.8 Å².